The largest absolute Gasteiger partial charge is 0.291 e. The minimum absolute atomic E-state index is 0.0532. The van der Waals surface area contributed by atoms with Crippen LogP contribution in [0.5, 0.6) is 0 Å². The van der Waals surface area contributed by atoms with E-state index in [2.05, 4.69) is 4.98 Å². The van der Waals surface area contributed by atoms with Gasteiger partial charge in [0, 0.05) is 24.1 Å². The minimum atomic E-state index is -0.422. The van der Waals surface area contributed by atoms with Gasteiger partial charge in [-0.2, -0.15) is 0 Å². The smallest absolute Gasteiger partial charge is 0.258 e. The maximum atomic E-state index is 10.7. The van der Waals surface area contributed by atoms with Gasteiger partial charge in [0.25, 0.3) is 5.69 Å². The lowest BCUT2D eigenvalue weighted by Crippen LogP contribution is -2.04. The Bertz CT molecular complexity index is 353. The molecular weight excluding hydrogens is 204 g/mol. The molecule has 0 aliphatic carbocycles. The van der Waals surface area contributed by atoms with Crippen LogP contribution in [-0.4, -0.2) is 15.3 Å². The SMILES string of the molecule is Cc1cnc(CC(C)Cl)c([N+](=O)[O-])c1. The van der Waals surface area contributed by atoms with Crippen molar-refractivity contribution in [3.05, 3.63) is 33.6 Å². The fraction of sp³-hybridized carbons (Fsp3) is 0.444. The molecular formula is C9H11ClN2O2. The van der Waals surface area contributed by atoms with Crippen LogP contribution in [0, 0.1) is 17.0 Å². The highest BCUT2D eigenvalue weighted by atomic mass is 35.5. The molecule has 0 fully saturated rings. The van der Waals surface area contributed by atoms with Crippen molar-refractivity contribution in [2.75, 3.05) is 0 Å². The second-order valence-corrected chi connectivity index (χ2v) is 3.97. The summed E-state index contributed by atoms with van der Waals surface area (Å²) in [7, 11) is 0. The highest BCUT2D eigenvalue weighted by Gasteiger charge is 2.16. The summed E-state index contributed by atoms with van der Waals surface area (Å²) in [4.78, 5) is 14.3. The summed E-state index contributed by atoms with van der Waals surface area (Å²) in [5.41, 5.74) is 1.28. The quantitative estimate of drug-likeness (QED) is 0.441. The van der Waals surface area contributed by atoms with Crippen molar-refractivity contribution < 1.29 is 4.92 Å². The molecule has 1 atom stereocenters. The highest BCUT2D eigenvalue weighted by molar-refractivity contribution is 6.20. The minimum Gasteiger partial charge on any atom is -0.258 e. The third-order valence-electron chi connectivity index (χ3n) is 1.76. The van der Waals surface area contributed by atoms with Crippen LogP contribution in [0.3, 0.4) is 0 Å². The molecule has 4 nitrogen and oxygen atoms in total. The van der Waals surface area contributed by atoms with Gasteiger partial charge in [0.15, 0.2) is 0 Å². The molecule has 1 heterocycles. The van der Waals surface area contributed by atoms with Crippen LogP contribution < -0.4 is 0 Å². The van der Waals surface area contributed by atoms with Crippen LogP contribution in [0.15, 0.2) is 12.3 Å². The van der Waals surface area contributed by atoms with Gasteiger partial charge in [0.05, 0.1) is 4.92 Å². The molecule has 0 bridgehead atoms. The van der Waals surface area contributed by atoms with E-state index in [-0.39, 0.29) is 11.1 Å². The Hall–Kier alpha value is -1.16. The first-order valence-corrected chi connectivity index (χ1v) is 4.68. The maximum Gasteiger partial charge on any atom is 0.291 e. The number of rotatable bonds is 3. The lowest BCUT2D eigenvalue weighted by atomic mass is 10.1. The summed E-state index contributed by atoms with van der Waals surface area (Å²) >= 11 is 5.77. The first-order valence-electron chi connectivity index (χ1n) is 4.24. The Labute approximate surface area is 87.1 Å². The summed E-state index contributed by atoms with van der Waals surface area (Å²) in [5, 5.41) is 10.5. The van der Waals surface area contributed by atoms with Crippen molar-refractivity contribution in [3.8, 4) is 0 Å². The van der Waals surface area contributed by atoms with E-state index in [0.29, 0.717) is 12.1 Å². The van der Waals surface area contributed by atoms with Gasteiger partial charge in [-0.05, 0) is 19.4 Å². The van der Waals surface area contributed by atoms with Gasteiger partial charge in [-0.1, -0.05) is 0 Å². The van der Waals surface area contributed by atoms with Gasteiger partial charge in [0.1, 0.15) is 5.69 Å². The molecule has 1 unspecified atom stereocenters. The van der Waals surface area contributed by atoms with E-state index in [0.717, 1.165) is 5.56 Å². The van der Waals surface area contributed by atoms with E-state index < -0.39 is 4.92 Å². The second-order valence-electron chi connectivity index (χ2n) is 3.22. The number of aryl methyl sites for hydroxylation is 1. The first kappa shape index (κ1) is 10.9. The van der Waals surface area contributed by atoms with E-state index >= 15 is 0 Å². The lowest BCUT2D eigenvalue weighted by molar-refractivity contribution is -0.386. The molecule has 5 heteroatoms. The van der Waals surface area contributed by atoms with Gasteiger partial charge in [-0.25, -0.2) is 0 Å². The standard InChI is InChI=1S/C9H11ClN2O2/c1-6-3-9(12(13)14)8(11-5-6)4-7(2)10/h3,5,7H,4H2,1-2H3. The van der Waals surface area contributed by atoms with E-state index in [1.807, 2.05) is 0 Å². The van der Waals surface area contributed by atoms with E-state index in [1.165, 1.54) is 6.07 Å². The van der Waals surface area contributed by atoms with Crippen LogP contribution in [0.25, 0.3) is 0 Å². The van der Waals surface area contributed by atoms with Crippen molar-refractivity contribution >= 4 is 17.3 Å². The first-order chi connectivity index (χ1) is 6.50. The molecule has 0 aliphatic heterocycles. The predicted molar refractivity (Wildman–Crippen MR) is 54.6 cm³/mol. The number of nitrogens with zero attached hydrogens (tertiary/aromatic N) is 2. The summed E-state index contributed by atoms with van der Waals surface area (Å²) < 4.78 is 0. The highest BCUT2D eigenvalue weighted by Crippen LogP contribution is 2.19. The number of aromatic nitrogens is 1. The fourth-order valence-corrected chi connectivity index (χ4v) is 1.31. The van der Waals surface area contributed by atoms with Crippen molar-refractivity contribution in [2.45, 2.75) is 25.6 Å². The van der Waals surface area contributed by atoms with Crippen molar-refractivity contribution in [2.24, 2.45) is 0 Å². The Kier molecular flexibility index (Phi) is 3.41. The van der Waals surface area contributed by atoms with Gasteiger partial charge in [0.2, 0.25) is 0 Å². The lowest BCUT2D eigenvalue weighted by Gasteiger charge is -2.03. The Balaban J connectivity index is 3.08. The fourth-order valence-electron chi connectivity index (χ4n) is 1.16. The van der Waals surface area contributed by atoms with E-state index in [9.17, 15) is 10.1 Å². The molecule has 1 aromatic heterocycles. The monoisotopic (exact) mass is 214 g/mol. The molecule has 14 heavy (non-hydrogen) atoms. The van der Waals surface area contributed by atoms with Crippen molar-refractivity contribution in [1.29, 1.82) is 0 Å². The number of pyridine rings is 1. The summed E-state index contributed by atoms with van der Waals surface area (Å²) in [6, 6.07) is 1.52. The zero-order valence-corrected chi connectivity index (χ0v) is 8.78. The number of hydrogen-bond acceptors (Lipinski definition) is 3. The third-order valence-corrected chi connectivity index (χ3v) is 1.91. The Morgan fingerprint density at radius 1 is 1.71 bits per heavy atom. The van der Waals surface area contributed by atoms with Crippen LogP contribution in [0.1, 0.15) is 18.2 Å². The Morgan fingerprint density at radius 3 is 2.86 bits per heavy atom. The van der Waals surface area contributed by atoms with Crippen LogP contribution in [-0.2, 0) is 6.42 Å². The topological polar surface area (TPSA) is 56.0 Å². The normalized spacial score (nSPS) is 12.5. The number of hydrogen-bond donors (Lipinski definition) is 0. The van der Waals surface area contributed by atoms with E-state index in [4.69, 9.17) is 11.6 Å². The van der Waals surface area contributed by atoms with Gasteiger partial charge in [-0.3, -0.25) is 15.1 Å². The Morgan fingerprint density at radius 2 is 2.36 bits per heavy atom. The molecule has 0 spiro atoms. The van der Waals surface area contributed by atoms with Crippen LogP contribution >= 0.6 is 11.6 Å². The average molecular weight is 215 g/mol. The summed E-state index contributed by atoms with van der Waals surface area (Å²) in [6.07, 6.45) is 2.03. The van der Waals surface area contributed by atoms with Crippen molar-refractivity contribution in [3.63, 3.8) is 0 Å². The van der Waals surface area contributed by atoms with Crippen LogP contribution in [0.4, 0.5) is 5.69 Å². The van der Waals surface area contributed by atoms with E-state index in [1.54, 1.807) is 20.0 Å². The van der Waals surface area contributed by atoms with Gasteiger partial charge < -0.3 is 0 Å². The summed E-state index contributed by atoms with van der Waals surface area (Å²) in [5.74, 6) is 0. The van der Waals surface area contributed by atoms with Crippen molar-refractivity contribution in [1.82, 2.24) is 4.98 Å². The molecule has 0 saturated carbocycles. The predicted octanol–water partition coefficient (Wildman–Crippen LogP) is 2.47. The molecule has 0 N–H and O–H groups in total. The molecule has 0 saturated heterocycles. The molecule has 0 aromatic carbocycles. The molecule has 0 aliphatic rings. The zero-order valence-electron chi connectivity index (χ0n) is 8.03. The van der Waals surface area contributed by atoms with Gasteiger partial charge >= 0.3 is 0 Å². The molecule has 76 valence electrons. The number of halogens is 1. The summed E-state index contributed by atoms with van der Waals surface area (Å²) in [6.45, 7) is 3.56. The molecule has 0 amide bonds. The second kappa shape index (κ2) is 4.37. The number of nitro groups is 1. The average Bonchev–Trinajstić information content (AvgIpc) is 2.07. The zero-order chi connectivity index (χ0) is 10.7. The third kappa shape index (κ3) is 2.67. The number of alkyl halides is 1. The maximum absolute atomic E-state index is 10.7. The molecule has 0 radical (unpaired) electrons. The molecule has 1 aromatic rings. The van der Waals surface area contributed by atoms with Crippen LogP contribution in [0.2, 0.25) is 0 Å². The molecule has 1 rings (SSSR count). The van der Waals surface area contributed by atoms with Gasteiger partial charge in [-0.15, -0.1) is 11.6 Å².